The van der Waals surface area contributed by atoms with Gasteiger partial charge in [-0.2, -0.15) is 0 Å². The lowest BCUT2D eigenvalue weighted by atomic mass is 9.92. The molecule has 30 heavy (non-hydrogen) atoms. The molecule has 0 spiro atoms. The number of β-lactam (4-membered cyclic amide) rings is 1. The van der Waals surface area contributed by atoms with Gasteiger partial charge in [0, 0.05) is 12.1 Å². The van der Waals surface area contributed by atoms with Gasteiger partial charge >= 0.3 is 5.97 Å². The van der Waals surface area contributed by atoms with Crippen molar-refractivity contribution in [1.29, 1.82) is 0 Å². The van der Waals surface area contributed by atoms with E-state index in [1.54, 1.807) is 0 Å². The number of thioether (sulfide) groups is 3. The number of esters is 1. The summed E-state index contributed by atoms with van der Waals surface area (Å²) < 4.78 is 5.53. The summed E-state index contributed by atoms with van der Waals surface area (Å²) in [4.78, 5) is 48.5. The topological polar surface area (TPSA) is 127 Å². The number of likely N-dealkylation sites (tertiary alicyclic amines) is 1. The van der Waals surface area contributed by atoms with Crippen LogP contribution in [0, 0.1) is 16.0 Å². The molecular weight excluding hydrogens is 452 g/mol. The minimum Gasteiger partial charge on any atom is -0.456 e. The number of carbonyl (C=O) groups excluding carboxylic acids is 3. The van der Waals surface area contributed by atoms with Gasteiger partial charge in [-0.25, -0.2) is 4.79 Å². The van der Waals surface area contributed by atoms with E-state index in [1.807, 2.05) is 6.92 Å². The zero-order chi connectivity index (χ0) is 22.0. The van der Waals surface area contributed by atoms with E-state index in [1.165, 1.54) is 47.9 Å². The van der Waals surface area contributed by atoms with E-state index in [2.05, 4.69) is 0 Å². The van der Waals surface area contributed by atoms with E-state index >= 15 is 0 Å². The molecule has 0 saturated carbocycles. The molecule has 2 heterocycles. The first-order chi connectivity index (χ1) is 14.2. The number of carbonyl (C=O) groups is 3. The molecule has 12 heteroatoms. The first-order valence-corrected chi connectivity index (χ1v) is 11.6. The van der Waals surface area contributed by atoms with Gasteiger partial charge in [0.2, 0.25) is 5.91 Å². The largest absolute Gasteiger partial charge is 0.456 e. The summed E-state index contributed by atoms with van der Waals surface area (Å²) in [6.45, 7) is 3.28. The standard InChI is InChI=1S/C18H18N2O7S3/c1-3-28-15-12(9(2)21)14(22)19(15)13(17-29-18(24)30-17)16(23)27-8-10-4-6-11(7-5-10)20(25)26/h4-7,9,12,15,21H,3,8H2,1-2H3/t9-,12+,15-/m1/s1. The number of benzene rings is 1. The predicted molar refractivity (Wildman–Crippen MR) is 114 cm³/mol. The summed E-state index contributed by atoms with van der Waals surface area (Å²) in [6, 6.07) is 5.56. The molecule has 3 atom stereocenters. The Balaban J connectivity index is 1.78. The molecule has 1 N–H and O–H groups in total. The summed E-state index contributed by atoms with van der Waals surface area (Å²) in [6.07, 6.45) is -0.872. The van der Waals surface area contributed by atoms with Crippen LogP contribution in [0.3, 0.4) is 0 Å². The molecule has 3 rings (SSSR count). The number of nitro groups is 1. The lowest BCUT2D eigenvalue weighted by Gasteiger charge is -2.48. The number of hydrogen-bond acceptors (Lipinski definition) is 10. The van der Waals surface area contributed by atoms with Crippen LogP contribution in [0.25, 0.3) is 0 Å². The second-order valence-electron chi connectivity index (χ2n) is 6.41. The summed E-state index contributed by atoms with van der Waals surface area (Å²) >= 11 is 3.15. The fraction of sp³-hybridized carbons (Fsp3) is 0.389. The molecule has 2 fully saturated rings. The zero-order valence-corrected chi connectivity index (χ0v) is 18.4. The van der Waals surface area contributed by atoms with E-state index in [-0.39, 0.29) is 22.4 Å². The van der Waals surface area contributed by atoms with E-state index < -0.39 is 34.2 Å². The third-order valence-electron chi connectivity index (χ3n) is 4.44. The number of amides is 1. The quantitative estimate of drug-likeness (QED) is 0.199. The number of hydrogen-bond donors (Lipinski definition) is 1. The zero-order valence-electron chi connectivity index (χ0n) is 16.0. The smallest absolute Gasteiger partial charge is 0.357 e. The van der Waals surface area contributed by atoms with Crippen LogP contribution in [0.5, 0.6) is 0 Å². The average Bonchev–Trinajstić information content (AvgIpc) is 2.67. The second-order valence-corrected chi connectivity index (χ2v) is 10.3. The van der Waals surface area contributed by atoms with Crippen LogP contribution in [-0.4, -0.2) is 48.5 Å². The van der Waals surface area contributed by atoms with Crippen molar-refractivity contribution < 1.29 is 29.2 Å². The molecule has 0 bridgehead atoms. The molecule has 1 aromatic carbocycles. The van der Waals surface area contributed by atoms with E-state index in [0.29, 0.717) is 15.6 Å². The Hall–Kier alpha value is -2.02. The number of nitrogens with zero attached hydrogens (tertiary/aromatic N) is 2. The Labute approximate surface area is 184 Å². The van der Waals surface area contributed by atoms with Crippen molar-refractivity contribution in [2.75, 3.05) is 5.75 Å². The normalized spacial score (nSPS) is 21.6. The van der Waals surface area contributed by atoms with Crippen molar-refractivity contribution in [3.63, 3.8) is 0 Å². The number of non-ortho nitro benzene ring substituents is 1. The van der Waals surface area contributed by atoms with Crippen molar-refractivity contribution in [3.05, 3.63) is 49.9 Å². The minimum absolute atomic E-state index is 0.000591. The van der Waals surface area contributed by atoms with Crippen molar-refractivity contribution in [2.45, 2.75) is 31.9 Å². The van der Waals surface area contributed by atoms with Crippen molar-refractivity contribution in [3.8, 4) is 0 Å². The van der Waals surface area contributed by atoms with Gasteiger partial charge in [0.15, 0.2) is 5.70 Å². The van der Waals surface area contributed by atoms with Crippen LogP contribution in [0.4, 0.5) is 10.5 Å². The summed E-state index contributed by atoms with van der Waals surface area (Å²) in [5.74, 6) is -1.14. The van der Waals surface area contributed by atoms with Crippen LogP contribution >= 0.6 is 35.3 Å². The van der Waals surface area contributed by atoms with E-state index in [4.69, 9.17) is 4.74 Å². The molecule has 1 amide bonds. The molecule has 0 aliphatic carbocycles. The molecule has 0 aromatic heterocycles. The fourth-order valence-electron chi connectivity index (χ4n) is 2.98. The van der Waals surface area contributed by atoms with Crippen LogP contribution in [0.1, 0.15) is 19.4 Å². The molecule has 2 aliphatic heterocycles. The number of ether oxygens (including phenoxy) is 1. The number of rotatable bonds is 8. The number of nitro benzene ring substituents is 1. The van der Waals surface area contributed by atoms with Gasteiger partial charge in [-0.1, -0.05) is 6.92 Å². The van der Waals surface area contributed by atoms with Crippen LogP contribution < -0.4 is 0 Å². The molecule has 2 aliphatic rings. The summed E-state index contributed by atoms with van der Waals surface area (Å²) in [5, 5.41) is 20.2. The highest BCUT2D eigenvalue weighted by Crippen LogP contribution is 2.51. The highest BCUT2D eigenvalue weighted by atomic mass is 32.3. The van der Waals surface area contributed by atoms with Gasteiger partial charge in [-0.3, -0.25) is 24.6 Å². The van der Waals surface area contributed by atoms with Crippen LogP contribution in [0.15, 0.2) is 34.2 Å². The van der Waals surface area contributed by atoms with Crippen LogP contribution in [-0.2, 0) is 20.9 Å². The van der Waals surface area contributed by atoms with Crippen molar-refractivity contribution in [1.82, 2.24) is 4.90 Å². The predicted octanol–water partition coefficient (Wildman–Crippen LogP) is 3.33. The maximum atomic E-state index is 12.8. The monoisotopic (exact) mass is 470 g/mol. The number of aliphatic hydroxyl groups is 1. The van der Waals surface area contributed by atoms with Gasteiger partial charge in [-0.15, -0.1) is 11.8 Å². The number of aliphatic hydroxyl groups excluding tert-OH is 1. The van der Waals surface area contributed by atoms with E-state index in [9.17, 15) is 29.6 Å². The lowest BCUT2D eigenvalue weighted by Crippen LogP contribution is -2.63. The third kappa shape index (κ3) is 4.51. The third-order valence-corrected chi connectivity index (χ3v) is 7.71. The lowest BCUT2D eigenvalue weighted by molar-refractivity contribution is -0.384. The molecule has 1 aromatic rings. The first-order valence-electron chi connectivity index (χ1n) is 8.91. The maximum Gasteiger partial charge on any atom is 0.357 e. The Morgan fingerprint density at radius 3 is 2.47 bits per heavy atom. The SMILES string of the molecule is CCS[C@@H]1[C@@H]([C@@H](C)O)C(=O)N1C(C(=O)OCc1ccc([N+](=O)[O-])cc1)=C1SC(=O)S1. The summed E-state index contributed by atoms with van der Waals surface area (Å²) in [7, 11) is 0. The molecule has 0 unspecified atom stereocenters. The molecule has 9 nitrogen and oxygen atoms in total. The molecular formula is C18H18N2O7S3. The highest BCUT2D eigenvalue weighted by molar-refractivity contribution is 8.57. The van der Waals surface area contributed by atoms with Gasteiger partial charge in [0.25, 0.3) is 10.1 Å². The molecule has 0 radical (unpaired) electrons. The van der Waals surface area contributed by atoms with Crippen molar-refractivity contribution in [2.24, 2.45) is 5.92 Å². The van der Waals surface area contributed by atoms with Gasteiger partial charge in [-0.05, 0) is 53.9 Å². The summed E-state index contributed by atoms with van der Waals surface area (Å²) in [5.41, 5.74) is 0.461. The molecule has 2 saturated heterocycles. The Kier molecular flexibility index (Phi) is 7.11. The Bertz CT molecular complexity index is 907. The second kappa shape index (κ2) is 9.41. The Morgan fingerprint density at radius 1 is 1.33 bits per heavy atom. The van der Waals surface area contributed by atoms with Gasteiger partial charge < -0.3 is 9.84 Å². The fourth-order valence-corrected chi connectivity index (χ4v) is 5.81. The van der Waals surface area contributed by atoms with Crippen molar-refractivity contribution >= 4 is 57.3 Å². The molecule has 160 valence electrons. The first kappa shape index (κ1) is 22.7. The highest BCUT2D eigenvalue weighted by Gasteiger charge is 2.54. The van der Waals surface area contributed by atoms with E-state index in [0.717, 1.165) is 23.5 Å². The van der Waals surface area contributed by atoms with Gasteiger partial charge in [0.1, 0.15) is 6.61 Å². The average molecular weight is 471 g/mol. The maximum absolute atomic E-state index is 12.8. The Morgan fingerprint density at radius 2 is 1.97 bits per heavy atom. The minimum atomic E-state index is -0.872. The van der Waals surface area contributed by atoms with Crippen LogP contribution in [0.2, 0.25) is 0 Å². The van der Waals surface area contributed by atoms with Gasteiger partial charge in [0.05, 0.1) is 26.6 Å².